The Kier molecular flexibility index (Phi) is 6.38. The Labute approximate surface area is 212 Å². The van der Waals surface area contributed by atoms with Crippen LogP contribution in [-0.2, 0) is 0 Å². The molecular weight excluding hydrogens is 478 g/mol. The Morgan fingerprint density at radius 2 is 1.92 bits per heavy atom. The van der Waals surface area contributed by atoms with Crippen LogP contribution < -0.4 is 10.6 Å². The summed E-state index contributed by atoms with van der Waals surface area (Å²) in [5.74, 6) is -0.460. The summed E-state index contributed by atoms with van der Waals surface area (Å²) in [7, 11) is 0. The first-order valence-corrected chi connectivity index (χ1v) is 12.1. The van der Waals surface area contributed by atoms with Crippen molar-refractivity contribution in [3.05, 3.63) is 64.5 Å². The van der Waals surface area contributed by atoms with E-state index < -0.39 is 11.6 Å². The molecule has 1 aliphatic rings. The zero-order valence-electron chi connectivity index (χ0n) is 20.7. The van der Waals surface area contributed by atoms with E-state index in [1.165, 1.54) is 6.07 Å². The van der Waals surface area contributed by atoms with Gasteiger partial charge in [-0.05, 0) is 63.3 Å². The van der Waals surface area contributed by atoms with Crippen LogP contribution in [0.15, 0.2) is 28.8 Å². The Balaban J connectivity index is 1.39. The molecule has 1 aliphatic carbocycles. The van der Waals surface area contributed by atoms with E-state index in [4.69, 9.17) is 4.42 Å². The maximum absolute atomic E-state index is 15.0. The molecule has 1 saturated carbocycles. The minimum Gasteiger partial charge on any atom is -0.445 e. The number of hydrogen-bond acceptors (Lipinski definition) is 6. The van der Waals surface area contributed by atoms with Crippen molar-refractivity contribution in [1.29, 1.82) is 5.26 Å². The number of carbonyl (C=O) groups excluding carboxylic acids is 1. The minimum absolute atomic E-state index is 0.0106. The number of oxazole rings is 1. The predicted octanol–water partition coefficient (Wildman–Crippen LogP) is 5.45. The fourth-order valence-corrected chi connectivity index (χ4v) is 5.04. The highest BCUT2D eigenvalue weighted by atomic mass is 19.1. The van der Waals surface area contributed by atoms with E-state index in [-0.39, 0.29) is 40.8 Å². The average molecular weight is 505 g/mol. The van der Waals surface area contributed by atoms with Crippen molar-refractivity contribution in [3.63, 3.8) is 0 Å². The second kappa shape index (κ2) is 9.65. The van der Waals surface area contributed by atoms with E-state index in [1.807, 2.05) is 6.07 Å². The lowest BCUT2D eigenvalue weighted by Crippen LogP contribution is -2.42. The Morgan fingerprint density at radius 3 is 2.65 bits per heavy atom. The molecule has 1 aromatic carbocycles. The van der Waals surface area contributed by atoms with Gasteiger partial charge in [0.15, 0.2) is 23.2 Å². The number of aryl methyl sites for hydroxylation is 3. The predicted molar refractivity (Wildman–Crippen MR) is 134 cm³/mol. The van der Waals surface area contributed by atoms with Gasteiger partial charge in [-0.25, -0.2) is 18.7 Å². The van der Waals surface area contributed by atoms with Crippen LogP contribution in [0.2, 0.25) is 0 Å². The van der Waals surface area contributed by atoms with E-state index in [9.17, 15) is 18.8 Å². The van der Waals surface area contributed by atoms with Crippen molar-refractivity contribution in [1.82, 2.24) is 20.3 Å². The molecule has 1 amide bonds. The smallest absolute Gasteiger partial charge is 0.273 e. The summed E-state index contributed by atoms with van der Waals surface area (Å²) in [5.41, 5.74) is 2.12. The number of H-pyrrole nitrogens is 1. The molecule has 2 atom stereocenters. The molecule has 190 valence electrons. The molecule has 0 spiro atoms. The average Bonchev–Trinajstić information content (AvgIpc) is 3.42. The number of benzene rings is 1. The third-order valence-corrected chi connectivity index (χ3v) is 6.71. The highest BCUT2D eigenvalue weighted by molar-refractivity contribution is 5.96. The van der Waals surface area contributed by atoms with E-state index in [0.717, 1.165) is 30.9 Å². The van der Waals surface area contributed by atoms with E-state index in [0.29, 0.717) is 34.5 Å². The highest BCUT2D eigenvalue weighted by Crippen LogP contribution is 2.34. The van der Waals surface area contributed by atoms with Crippen molar-refractivity contribution >= 4 is 22.6 Å². The molecular formula is C27H26F2N6O2. The number of rotatable bonds is 5. The fraction of sp³-hybridized carbons (Fsp3) is 0.333. The number of amides is 1. The quantitative estimate of drug-likeness (QED) is 0.333. The molecule has 8 nitrogen and oxygen atoms in total. The molecule has 37 heavy (non-hydrogen) atoms. The lowest BCUT2D eigenvalue weighted by molar-refractivity contribution is 0.0920. The van der Waals surface area contributed by atoms with E-state index in [1.54, 1.807) is 33.0 Å². The van der Waals surface area contributed by atoms with Crippen molar-refractivity contribution in [2.75, 3.05) is 5.32 Å². The molecule has 3 aromatic heterocycles. The number of hydrogen-bond donors (Lipinski definition) is 3. The SMILES string of the molecule is Cc1cc(F)c2[nH]cc(-c3nc(NC4CCC[C@@H](NC(=O)c5nc(C)oc5C)C4)c(F)cc3C#N)c2c1. The van der Waals surface area contributed by atoms with Gasteiger partial charge in [-0.2, -0.15) is 5.26 Å². The maximum atomic E-state index is 15.0. The van der Waals surface area contributed by atoms with Crippen LogP contribution in [0.25, 0.3) is 22.2 Å². The monoisotopic (exact) mass is 504 g/mol. The van der Waals surface area contributed by atoms with Crippen molar-refractivity contribution in [2.24, 2.45) is 0 Å². The molecule has 0 aliphatic heterocycles. The molecule has 3 heterocycles. The molecule has 1 fully saturated rings. The second-order valence-electron chi connectivity index (χ2n) is 9.51. The molecule has 10 heteroatoms. The number of nitrogens with zero attached hydrogens (tertiary/aromatic N) is 3. The van der Waals surface area contributed by atoms with Gasteiger partial charge in [-0.15, -0.1) is 0 Å². The third kappa shape index (κ3) is 4.77. The minimum atomic E-state index is -0.651. The normalized spacial score (nSPS) is 17.5. The van der Waals surface area contributed by atoms with Gasteiger partial charge in [-0.1, -0.05) is 0 Å². The van der Waals surface area contributed by atoms with Crippen LogP contribution in [0, 0.1) is 43.7 Å². The Morgan fingerprint density at radius 1 is 1.14 bits per heavy atom. The van der Waals surface area contributed by atoms with Crippen LogP contribution in [-0.4, -0.2) is 32.9 Å². The molecule has 0 saturated heterocycles. The van der Waals surface area contributed by atoms with Gasteiger partial charge < -0.3 is 20.0 Å². The summed E-state index contributed by atoms with van der Waals surface area (Å²) in [6.07, 6.45) is 4.52. The highest BCUT2D eigenvalue weighted by Gasteiger charge is 2.27. The topological polar surface area (TPSA) is 120 Å². The number of fused-ring (bicyclic) bond motifs is 1. The zero-order chi connectivity index (χ0) is 26.3. The van der Waals surface area contributed by atoms with Crippen LogP contribution in [0.4, 0.5) is 14.6 Å². The van der Waals surface area contributed by atoms with Crippen molar-refractivity contribution in [3.8, 4) is 17.3 Å². The molecule has 0 radical (unpaired) electrons. The van der Waals surface area contributed by atoms with E-state index in [2.05, 4.69) is 25.6 Å². The first kappa shape index (κ1) is 24.4. The number of anilines is 1. The summed E-state index contributed by atoms with van der Waals surface area (Å²) in [6, 6.07) is 6.09. The van der Waals surface area contributed by atoms with Crippen LogP contribution in [0.5, 0.6) is 0 Å². The summed E-state index contributed by atoms with van der Waals surface area (Å²) < 4.78 is 34.8. The maximum Gasteiger partial charge on any atom is 0.273 e. The number of aromatic nitrogens is 3. The molecule has 4 aromatic rings. The van der Waals surface area contributed by atoms with E-state index >= 15 is 0 Å². The van der Waals surface area contributed by atoms with Gasteiger partial charge >= 0.3 is 0 Å². The van der Waals surface area contributed by atoms with Gasteiger partial charge in [0.25, 0.3) is 5.91 Å². The van der Waals surface area contributed by atoms with Crippen LogP contribution >= 0.6 is 0 Å². The Hall–Kier alpha value is -4.26. The fourth-order valence-electron chi connectivity index (χ4n) is 5.04. The van der Waals surface area contributed by atoms with Crippen LogP contribution in [0.3, 0.4) is 0 Å². The molecule has 5 rings (SSSR count). The summed E-state index contributed by atoms with van der Waals surface area (Å²) in [4.78, 5) is 24.2. The lowest BCUT2D eigenvalue weighted by Gasteiger charge is -2.30. The first-order chi connectivity index (χ1) is 17.7. The van der Waals surface area contributed by atoms with Gasteiger partial charge in [0.05, 0.1) is 16.8 Å². The largest absolute Gasteiger partial charge is 0.445 e. The first-order valence-electron chi connectivity index (χ1n) is 12.1. The van der Waals surface area contributed by atoms with Crippen LogP contribution in [0.1, 0.15) is 58.9 Å². The number of carbonyl (C=O) groups is 1. The van der Waals surface area contributed by atoms with Gasteiger partial charge in [0.2, 0.25) is 0 Å². The standard InChI is InChI=1S/C27H26F2N6O2/c1-13-7-19-20(12-31-25(19)21(28)8-13)24-16(11-30)9-22(29)26(35-24)33-17-5-4-6-18(10-17)34-27(36)23-14(2)37-15(3)32-23/h7-9,12,17-18,31H,4-6,10H2,1-3H3,(H,33,35)(H,34,36)/t17?,18-/m1/s1. The van der Waals surface area contributed by atoms with Crippen molar-refractivity contribution in [2.45, 2.75) is 58.5 Å². The number of nitrogens with one attached hydrogen (secondary N) is 3. The number of halogens is 2. The van der Waals surface area contributed by atoms with Gasteiger partial charge in [0.1, 0.15) is 17.6 Å². The second-order valence-corrected chi connectivity index (χ2v) is 9.51. The molecule has 0 bridgehead atoms. The molecule has 3 N–H and O–H groups in total. The summed E-state index contributed by atoms with van der Waals surface area (Å²) in [6.45, 7) is 5.16. The Bertz CT molecular complexity index is 1550. The van der Waals surface area contributed by atoms with Gasteiger partial charge in [-0.3, -0.25) is 4.79 Å². The van der Waals surface area contributed by atoms with Crippen molar-refractivity contribution < 1.29 is 18.0 Å². The number of aromatic amines is 1. The lowest BCUT2D eigenvalue weighted by atomic mass is 9.90. The summed E-state index contributed by atoms with van der Waals surface area (Å²) >= 11 is 0. The number of nitriles is 1. The third-order valence-electron chi connectivity index (χ3n) is 6.71. The van der Waals surface area contributed by atoms with Gasteiger partial charge in [0, 0.05) is 36.2 Å². The zero-order valence-corrected chi connectivity index (χ0v) is 20.7. The number of pyridine rings is 1. The summed E-state index contributed by atoms with van der Waals surface area (Å²) in [5, 5.41) is 16.4. The molecule has 1 unspecified atom stereocenters.